The van der Waals surface area contributed by atoms with E-state index in [4.69, 9.17) is 4.74 Å². The van der Waals surface area contributed by atoms with E-state index in [-0.39, 0.29) is 5.82 Å². The molecule has 2 aromatic carbocycles. The van der Waals surface area contributed by atoms with Crippen molar-refractivity contribution in [1.29, 1.82) is 0 Å². The Labute approximate surface area is 106 Å². The average Bonchev–Trinajstić information content (AvgIpc) is 2.35. The molecule has 18 heavy (non-hydrogen) atoms. The Morgan fingerprint density at radius 2 is 1.89 bits per heavy atom. The van der Waals surface area contributed by atoms with Gasteiger partial charge >= 0.3 is 0 Å². The van der Waals surface area contributed by atoms with Crippen LogP contribution in [0.15, 0.2) is 42.5 Å². The van der Waals surface area contributed by atoms with Crippen molar-refractivity contribution in [2.75, 3.05) is 7.05 Å². The number of ether oxygens (including phenoxy) is 1. The van der Waals surface area contributed by atoms with Gasteiger partial charge in [-0.25, -0.2) is 4.39 Å². The van der Waals surface area contributed by atoms with Crippen molar-refractivity contribution in [2.24, 2.45) is 0 Å². The molecule has 2 nitrogen and oxygen atoms in total. The molecule has 0 aromatic heterocycles. The summed E-state index contributed by atoms with van der Waals surface area (Å²) in [6.07, 6.45) is 0. The third-order valence-corrected chi connectivity index (χ3v) is 2.70. The van der Waals surface area contributed by atoms with E-state index in [0.29, 0.717) is 12.3 Å². The van der Waals surface area contributed by atoms with Crippen molar-refractivity contribution in [3.05, 3.63) is 59.4 Å². The highest BCUT2D eigenvalue weighted by atomic mass is 19.1. The van der Waals surface area contributed by atoms with E-state index in [9.17, 15) is 4.39 Å². The monoisotopic (exact) mass is 245 g/mol. The molecule has 0 spiro atoms. The molecule has 94 valence electrons. The van der Waals surface area contributed by atoms with Crippen molar-refractivity contribution in [3.8, 4) is 11.5 Å². The van der Waals surface area contributed by atoms with Crippen LogP contribution in [-0.4, -0.2) is 7.05 Å². The lowest BCUT2D eigenvalue weighted by atomic mass is 10.2. The Hall–Kier alpha value is -1.87. The minimum Gasteiger partial charge on any atom is -0.457 e. The number of para-hydroxylation sites is 1. The topological polar surface area (TPSA) is 21.3 Å². The molecule has 0 heterocycles. The highest BCUT2D eigenvalue weighted by Gasteiger charge is 2.07. The fourth-order valence-electron chi connectivity index (χ4n) is 1.77. The number of halogens is 1. The van der Waals surface area contributed by atoms with Crippen LogP contribution in [0.3, 0.4) is 0 Å². The molecule has 0 bridgehead atoms. The first kappa shape index (κ1) is 12.6. The zero-order chi connectivity index (χ0) is 13.0. The molecule has 0 saturated carbocycles. The van der Waals surface area contributed by atoms with Gasteiger partial charge in [-0.2, -0.15) is 0 Å². The lowest BCUT2D eigenvalue weighted by molar-refractivity contribution is 0.468. The summed E-state index contributed by atoms with van der Waals surface area (Å²) in [4.78, 5) is 0. The Morgan fingerprint density at radius 3 is 2.61 bits per heavy atom. The number of aryl methyl sites for hydroxylation is 1. The fourth-order valence-corrected chi connectivity index (χ4v) is 1.77. The summed E-state index contributed by atoms with van der Waals surface area (Å²) in [5.74, 6) is 1.22. The molecule has 0 radical (unpaired) electrons. The van der Waals surface area contributed by atoms with Gasteiger partial charge in [0.15, 0.2) is 0 Å². The van der Waals surface area contributed by atoms with E-state index in [2.05, 4.69) is 5.32 Å². The van der Waals surface area contributed by atoms with Gasteiger partial charge in [-0.3, -0.25) is 0 Å². The summed E-state index contributed by atoms with van der Waals surface area (Å²) < 4.78 is 19.0. The van der Waals surface area contributed by atoms with Crippen LogP contribution in [-0.2, 0) is 6.54 Å². The predicted molar refractivity (Wildman–Crippen MR) is 70.4 cm³/mol. The first-order valence-corrected chi connectivity index (χ1v) is 5.87. The van der Waals surface area contributed by atoms with Gasteiger partial charge in [0.2, 0.25) is 0 Å². The molecule has 1 N–H and O–H groups in total. The first-order chi connectivity index (χ1) is 8.70. The molecule has 0 amide bonds. The van der Waals surface area contributed by atoms with Crippen LogP contribution in [0.1, 0.15) is 11.1 Å². The molecular formula is C15H16FNO. The van der Waals surface area contributed by atoms with Crippen LogP contribution in [0, 0.1) is 12.7 Å². The molecule has 0 fully saturated rings. The van der Waals surface area contributed by atoms with E-state index in [0.717, 1.165) is 16.9 Å². The second-order valence-corrected chi connectivity index (χ2v) is 4.15. The largest absolute Gasteiger partial charge is 0.457 e. The van der Waals surface area contributed by atoms with Crippen molar-refractivity contribution in [1.82, 2.24) is 5.32 Å². The minimum atomic E-state index is -0.252. The second kappa shape index (κ2) is 5.65. The smallest absolute Gasteiger partial charge is 0.132 e. The Kier molecular flexibility index (Phi) is 3.95. The lowest BCUT2D eigenvalue weighted by Crippen LogP contribution is -2.07. The molecule has 0 atom stereocenters. The molecule has 3 heteroatoms. The number of rotatable bonds is 4. The summed E-state index contributed by atoms with van der Waals surface area (Å²) in [6, 6.07) is 12.3. The molecular weight excluding hydrogens is 229 g/mol. The molecule has 0 aliphatic carbocycles. The number of hydrogen-bond donors (Lipinski definition) is 1. The zero-order valence-electron chi connectivity index (χ0n) is 10.5. The van der Waals surface area contributed by atoms with Crippen molar-refractivity contribution in [3.63, 3.8) is 0 Å². The number of nitrogens with one attached hydrogen (secondary N) is 1. The quantitative estimate of drug-likeness (QED) is 0.887. The standard InChI is InChI=1S/C15H16FNO/c1-11-5-3-4-6-14(11)18-15-8-7-13(16)9-12(15)10-17-2/h3-9,17H,10H2,1-2H3. The summed E-state index contributed by atoms with van der Waals surface area (Å²) in [5.41, 5.74) is 1.86. The molecule has 0 aliphatic heterocycles. The maximum absolute atomic E-state index is 13.2. The van der Waals surface area contributed by atoms with Crippen LogP contribution < -0.4 is 10.1 Å². The Bertz CT molecular complexity index is 540. The summed E-state index contributed by atoms with van der Waals surface area (Å²) in [5, 5.41) is 3.01. The number of benzene rings is 2. The van der Waals surface area contributed by atoms with Gasteiger partial charge in [0.1, 0.15) is 17.3 Å². The Balaban J connectivity index is 2.31. The average molecular weight is 245 g/mol. The van der Waals surface area contributed by atoms with Gasteiger partial charge in [-0.1, -0.05) is 18.2 Å². The van der Waals surface area contributed by atoms with Gasteiger partial charge in [-0.05, 0) is 43.8 Å². The fraction of sp³-hybridized carbons (Fsp3) is 0.200. The van der Waals surface area contributed by atoms with E-state index in [1.54, 1.807) is 6.07 Å². The van der Waals surface area contributed by atoms with E-state index >= 15 is 0 Å². The minimum absolute atomic E-state index is 0.252. The molecule has 2 aromatic rings. The maximum atomic E-state index is 13.2. The van der Waals surface area contributed by atoms with Crippen LogP contribution in [0.5, 0.6) is 11.5 Å². The predicted octanol–water partition coefficient (Wildman–Crippen LogP) is 3.65. The second-order valence-electron chi connectivity index (χ2n) is 4.15. The van der Waals surface area contributed by atoms with Crippen LogP contribution >= 0.6 is 0 Å². The number of hydrogen-bond acceptors (Lipinski definition) is 2. The van der Waals surface area contributed by atoms with Gasteiger partial charge in [0.25, 0.3) is 0 Å². The van der Waals surface area contributed by atoms with Gasteiger partial charge in [-0.15, -0.1) is 0 Å². The van der Waals surface area contributed by atoms with Crippen molar-refractivity contribution in [2.45, 2.75) is 13.5 Å². The third-order valence-electron chi connectivity index (χ3n) is 2.70. The zero-order valence-corrected chi connectivity index (χ0v) is 10.5. The summed E-state index contributed by atoms with van der Waals surface area (Å²) in [6.45, 7) is 2.55. The maximum Gasteiger partial charge on any atom is 0.132 e. The third kappa shape index (κ3) is 2.87. The normalized spacial score (nSPS) is 10.4. The van der Waals surface area contributed by atoms with Crippen LogP contribution in [0.25, 0.3) is 0 Å². The van der Waals surface area contributed by atoms with Gasteiger partial charge < -0.3 is 10.1 Å². The highest BCUT2D eigenvalue weighted by molar-refractivity contribution is 5.41. The van der Waals surface area contributed by atoms with E-state index in [1.165, 1.54) is 12.1 Å². The highest BCUT2D eigenvalue weighted by Crippen LogP contribution is 2.28. The summed E-state index contributed by atoms with van der Waals surface area (Å²) in [7, 11) is 1.82. The Morgan fingerprint density at radius 1 is 1.11 bits per heavy atom. The van der Waals surface area contributed by atoms with Gasteiger partial charge in [0, 0.05) is 12.1 Å². The van der Waals surface area contributed by atoms with E-state index < -0.39 is 0 Å². The molecule has 0 aliphatic rings. The van der Waals surface area contributed by atoms with Gasteiger partial charge in [0.05, 0.1) is 0 Å². The van der Waals surface area contributed by atoms with Crippen molar-refractivity contribution < 1.29 is 9.13 Å². The lowest BCUT2D eigenvalue weighted by Gasteiger charge is -2.12. The molecule has 0 unspecified atom stereocenters. The van der Waals surface area contributed by atoms with E-state index in [1.807, 2.05) is 38.2 Å². The van der Waals surface area contributed by atoms with Crippen LogP contribution in [0.2, 0.25) is 0 Å². The van der Waals surface area contributed by atoms with Crippen LogP contribution in [0.4, 0.5) is 4.39 Å². The first-order valence-electron chi connectivity index (χ1n) is 5.87. The molecule has 0 saturated heterocycles. The SMILES string of the molecule is CNCc1cc(F)ccc1Oc1ccccc1C. The summed E-state index contributed by atoms with van der Waals surface area (Å²) >= 11 is 0. The molecule has 2 rings (SSSR count). The van der Waals surface area contributed by atoms with Crippen molar-refractivity contribution >= 4 is 0 Å².